The number of nitrogens with zero attached hydrogens (tertiary/aromatic N) is 1. The first-order valence-electron chi connectivity index (χ1n) is 4.82. The molecule has 2 N–H and O–H groups in total. The molecular formula is C11H11BrN2OS. The molecule has 0 aliphatic rings. The van der Waals surface area contributed by atoms with Crippen molar-refractivity contribution in [2.75, 3.05) is 11.9 Å². The molecule has 0 saturated heterocycles. The summed E-state index contributed by atoms with van der Waals surface area (Å²) in [5, 5.41) is 16.9. The van der Waals surface area contributed by atoms with Gasteiger partial charge in [0, 0.05) is 12.7 Å². The standard InChI is InChI=1S/C11H11BrN2OS/c12-9-2-1-4-13-11(9)14-6-10(15)8-3-5-16-7-8/h1-5,7,10,15H,6H2,(H,13,14). The van der Waals surface area contributed by atoms with E-state index in [9.17, 15) is 5.11 Å². The highest BCUT2D eigenvalue weighted by Crippen LogP contribution is 2.21. The van der Waals surface area contributed by atoms with E-state index in [-0.39, 0.29) is 0 Å². The van der Waals surface area contributed by atoms with E-state index in [1.807, 2.05) is 29.0 Å². The van der Waals surface area contributed by atoms with Crippen molar-refractivity contribution in [3.63, 3.8) is 0 Å². The van der Waals surface area contributed by atoms with Gasteiger partial charge in [0.1, 0.15) is 5.82 Å². The van der Waals surface area contributed by atoms with Crippen LogP contribution >= 0.6 is 27.3 Å². The van der Waals surface area contributed by atoms with Crippen LogP contribution in [-0.2, 0) is 0 Å². The van der Waals surface area contributed by atoms with E-state index in [1.54, 1.807) is 17.5 Å². The fourth-order valence-electron chi connectivity index (χ4n) is 1.29. The van der Waals surface area contributed by atoms with Gasteiger partial charge in [-0.15, -0.1) is 0 Å². The molecule has 0 aromatic carbocycles. The summed E-state index contributed by atoms with van der Waals surface area (Å²) in [4.78, 5) is 4.17. The second kappa shape index (κ2) is 5.43. The van der Waals surface area contributed by atoms with Crippen molar-refractivity contribution in [3.8, 4) is 0 Å². The molecule has 0 fully saturated rings. The van der Waals surface area contributed by atoms with Crippen LogP contribution in [0, 0.1) is 0 Å². The monoisotopic (exact) mass is 298 g/mol. The van der Waals surface area contributed by atoms with Crippen molar-refractivity contribution >= 4 is 33.1 Å². The van der Waals surface area contributed by atoms with Crippen LogP contribution in [-0.4, -0.2) is 16.6 Å². The highest BCUT2D eigenvalue weighted by molar-refractivity contribution is 9.10. The summed E-state index contributed by atoms with van der Waals surface area (Å²) in [5.41, 5.74) is 0.935. The first kappa shape index (κ1) is 11.6. The maximum atomic E-state index is 9.86. The number of anilines is 1. The van der Waals surface area contributed by atoms with E-state index in [1.165, 1.54) is 0 Å². The van der Waals surface area contributed by atoms with Crippen molar-refractivity contribution in [1.29, 1.82) is 0 Å². The van der Waals surface area contributed by atoms with Crippen molar-refractivity contribution in [3.05, 3.63) is 45.2 Å². The Hall–Kier alpha value is -0.910. The summed E-state index contributed by atoms with van der Waals surface area (Å²) < 4.78 is 0.896. The van der Waals surface area contributed by atoms with Gasteiger partial charge in [0.15, 0.2) is 0 Å². The molecule has 0 bridgehead atoms. The molecule has 0 amide bonds. The van der Waals surface area contributed by atoms with Crippen LogP contribution < -0.4 is 5.32 Å². The number of rotatable bonds is 4. The van der Waals surface area contributed by atoms with Gasteiger partial charge in [-0.2, -0.15) is 11.3 Å². The molecule has 16 heavy (non-hydrogen) atoms. The molecular weight excluding hydrogens is 288 g/mol. The highest BCUT2D eigenvalue weighted by atomic mass is 79.9. The van der Waals surface area contributed by atoms with E-state index in [0.29, 0.717) is 6.54 Å². The summed E-state index contributed by atoms with van der Waals surface area (Å²) >= 11 is 4.97. The minimum Gasteiger partial charge on any atom is -0.387 e. The van der Waals surface area contributed by atoms with Gasteiger partial charge in [-0.1, -0.05) is 0 Å². The predicted octanol–water partition coefficient (Wildman–Crippen LogP) is 3.05. The molecule has 2 aromatic rings. The second-order valence-electron chi connectivity index (χ2n) is 3.29. The maximum Gasteiger partial charge on any atom is 0.140 e. The Kier molecular flexibility index (Phi) is 3.93. The van der Waals surface area contributed by atoms with Gasteiger partial charge in [0.25, 0.3) is 0 Å². The van der Waals surface area contributed by atoms with Crippen LogP contribution in [0.4, 0.5) is 5.82 Å². The summed E-state index contributed by atoms with van der Waals surface area (Å²) in [7, 11) is 0. The zero-order valence-electron chi connectivity index (χ0n) is 8.43. The normalized spacial score (nSPS) is 12.4. The van der Waals surface area contributed by atoms with E-state index in [2.05, 4.69) is 26.2 Å². The van der Waals surface area contributed by atoms with Gasteiger partial charge in [-0.25, -0.2) is 4.98 Å². The summed E-state index contributed by atoms with van der Waals surface area (Å²) in [5.74, 6) is 0.747. The molecule has 0 saturated carbocycles. The fraction of sp³-hybridized carbons (Fsp3) is 0.182. The Morgan fingerprint density at radius 3 is 3.06 bits per heavy atom. The molecule has 5 heteroatoms. The number of aliphatic hydroxyl groups is 1. The average Bonchev–Trinajstić information content (AvgIpc) is 2.81. The minimum absolute atomic E-state index is 0.451. The maximum absolute atomic E-state index is 9.86. The number of halogens is 1. The summed E-state index contributed by atoms with van der Waals surface area (Å²) in [6, 6.07) is 5.68. The first-order valence-corrected chi connectivity index (χ1v) is 6.55. The number of hydrogen-bond donors (Lipinski definition) is 2. The van der Waals surface area contributed by atoms with Crippen LogP contribution in [0.1, 0.15) is 11.7 Å². The Morgan fingerprint density at radius 2 is 2.38 bits per heavy atom. The lowest BCUT2D eigenvalue weighted by Gasteiger charge is -2.11. The lowest BCUT2D eigenvalue weighted by molar-refractivity contribution is 0.192. The largest absolute Gasteiger partial charge is 0.387 e. The topological polar surface area (TPSA) is 45.1 Å². The smallest absolute Gasteiger partial charge is 0.140 e. The van der Waals surface area contributed by atoms with Crippen molar-refractivity contribution in [2.24, 2.45) is 0 Å². The fourth-order valence-corrected chi connectivity index (χ4v) is 2.39. The quantitative estimate of drug-likeness (QED) is 0.912. The predicted molar refractivity (Wildman–Crippen MR) is 69.7 cm³/mol. The first-order chi connectivity index (χ1) is 7.77. The van der Waals surface area contributed by atoms with Gasteiger partial charge in [0.05, 0.1) is 10.6 Å². The van der Waals surface area contributed by atoms with E-state index in [0.717, 1.165) is 15.9 Å². The van der Waals surface area contributed by atoms with Gasteiger partial charge in [-0.05, 0) is 50.5 Å². The molecule has 1 atom stereocenters. The zero-order valence-corrected chi connectivity index (χ0v) is 10.8. The van der Waals surface area contributed by atoms with E-state index >= 15 is 0 Å². The number of hydrogen-bond acceptors (Lipinski definition) is 4. The molecule has 3 nitrogen and oxygen atoms in total. The number of pyridine rings is 1. The van der Waals surface area contributed by atoms with Gasteiger partial charge in [-0.3, -0.25) is 0 Å². The Balaban J connectivity index is 1.95. The molecule has 0 aliphatic heterocycles. The van der Waals surface area contributed by atoms with E-state index in [4.69, 9.17) is 0 Å². The number of nitrogens with one attached hydrogen (secondary N) is 1. The van der Waals surface area contributed by atoms with Crippen LogP contribution in [0.2, 0.25) is 0 Å². The molecule has 2 heterocycles. The number of aliphatic hydroxyl groups excluding tert-OH is 1. The van der Waals surface area contributed by atoms with Crippen LogP contribution in [0.5, 0.6) is 0 Å². The van der Waals surface area contributed by atoms with Gasteiger partial charge >= 0.3 is 0 Å². The van der Waals surface area contributed by atoms with Crippen molar-refractivity contribution in [2.45, 2.75) is 6.10 Å². The zero-order chi connectivity index (χ0) is 11.4. The second-order valence-corrected chi connectivity index (χ2v) is 4.92. The SMILES string of the molecule is OC(CNc1ncccc1Br)c1ccsc1. The van der Waals surface area contributed by atoms with Gasteiger partial charge in [0.2, 0.25) is 0 Å². The molecule has 1 unspecified atom stereocenters. The summed E-state index contributed by atoms with van der Waals surface area (Å²) in [6.45, 7) is 0.451. The van der Waals surface area contributed by atoms with Crippen LogP contribution in [0.25, 0.3) is 0 Å². The Morgan fingerprint density at radius 1 is 1.50 bits per heavy atom. The Bertz CT molecular complexity index is 447. The Labute approximate surface area is 106 Å². The van der Waals surface area contributed by atoms with E-state index < -0.39 is 6.10 Å². The van der Waals surface area contributed by atoms with Crippen molar-refractivity contribution < 1.29 is 5.11 Å². The van der Waals surface area contributed by atoms with Crippen LogP contribution in [0.3, 0.4) is 0 Å². The molecule has 0 spiro atoms. The summed E-state index contributed by atoms with van der Waals surface area (Å²) in [6.07, 6.45) is 1.21. The lowest BCUT2D eigenvalue weighted by Crippen LogP contribution is -2.12. The lowest BCUT2D eigenvalue weighted by atomic mass is 10.2. The highest BCUT2D eigenvalue weighted by Gasteiger charge is 2.08. The average molecular weight is 299 g/mol. The van der Waals surface area contributed by atoms with Crippen LogP contribution in [0.15, 0.2) is 39.6 Å². The molecule has 0 aliphatic carbocycles. The number of thiophene rings is 1. The molecule has 0 radical (unpaired) electrons. The third-order valence-corrected chi connectivity index (χ3v) is 3.49. The minimum atomic E-state index is -0.500. The number of aromatic nitrogens is 1. The van der Waals surface area contributed by atoms with Crippen molar-refractivity contribution in [1.82, 2.24) is 4.98 Å². The third kappa shape index (κ3) is 2.81. The molecule has 84 valence electrons. The molecule has 2 aromatic heterocycles. The molecule has 2 rings (SSSR count). The van der Waals surface area contributed by atoms with Gasteiger partial charge < -0.3 is 10.4 Å². The third-order valence-electron chi connectivity index (χ3n) is 2.15.